The van der Waals surface area contributed by atoms with E-state index in [1.807, 2.05) is 48.5 Å². The molecule has 0 aliphatic carbocycles. The van der Waals surface area contributed by atoms with E-state index in [1.165, 1.54) is 0 Å². The molecule has 0 atom stereocenters. The Hall–Kier alpha value is -2.61. The third-order valence-electron chi connectivity index (χ3n) is 5.55. The third-order valence-corrected chi connectivity index (χ3v) is 7.32. The number of halogens is 1. The Labute approximate surface area is 181 Å². The highest BCUT2D eigenvalue weighted by molar-refractivity contribution is 7.91. The lowest BCUT2D eigenvalue weighted by Crippen LogP contribution is -2.35. The Bertz CT molecular complexity index is 1290. The van der Waals surface area contributed by atoms with E-state index in [4.69, 9.17) is 0 Å². The average molecular weight is 443 g/mol. The molecule has 5 rings (SSSR count). The van der Waals surface area contributed by atoms with Crippen LogP contribution in [0.2, 0.25) is 0 Å². The lowest BCUT2D eigenvalue weighted by Gasteiger charge is -2.25. The number of rotatable bonds is 4. The second-order valence-corrected chi connectivity index (χ2v) is 9.26. The standard InChI is InChI=1S/C22H22N4O2S.ClH/c27-29(28,20-10-3-6-15-5-1-2-7-17(15)20)22-21-18(8-4-9-19(21)25-26-22)24-16-11-13-23-14-12-16;/h1-10,16,23-24H,11-14H2,(H,25,26);1H. The number of nitrogens with zero attached hydrogens (tertiary/aromatic N) is 1. The van der Waals surface area contributed by atoms with Gasteiger partial charge in [-0.1, -0.05) is 42.5 Å². The number of aromatic nitrogens is 2. The summed E-state index contributed by atoms with van der Waals surface area (Å²) in [5.41, 5.74) is 1.45. The number of piperidine rings is 1. The Balaban J connectivity index is 0.00000218. The first-order valence-electron chi connectivity index (χ1n) is 9.82. The van der Waals surface area contributed by atoms with Crippen LogP contribution in [0.5, 0.6) is 0 Å². The minimum absolute atomic E-state index is 0. The first kappa shape index (κ1) is 20.7. The summed E-state index contributed by atoms with van der Waals surface area (Å²) in [6, 6.07) is 18.9. The first-order valence-corrected chi connectivity index (χ1v) is 11.3. The van der Waals surface area contributed by atoms with Gasteiger partial charge in [0, 0.05) is 17.1 Å². The molecule has 30 heavy (non-hydrogen) atoms. The van der Waals surface area contributed by atoms with Crippen molar-refractivity contribution in [3.63, 3.8) is 0 Å². The molecule has 0 amide bonds. The maximum atomic E-state index is 13.7. The number of H-pyrrole nitrogens is 1. The third kappa shape index (κ3) is 3.53. The molecule has 2 heterocycles. The van der Waals surface area contributed by atoms with E-state index in [-0.39, 0.29) is 22.3 Å². The molecular weight excluding hydrogens is 420 g/mol. The lowest BCUT2D eigenvalue weighted by molar-refractivity contribution is 0.479. The van der Waals surface area contributed by atoms with Crippen molar-refractivity contribution < 1.29 is 8.42 Å². The molecule has 0 spiro atoms. The van der Waals surface area contributed by atoms with Gasteiger partial charge in [-0.25, -0.2) is 8.42 Å². The van der Waals surface area contributed by atoms with E-state index in [1.54, 1.807) is 12.1 Å². The van der Waals surface area contributed by atoms with Gasteiger partial charge in [-0.05, 0) is 49.5 Å². The van der Waals surface area contributed by atoms with Crippen LogP contribution in [0, 0.1) is 0 Å². The normalized spacial score (nSPS) is 15.2. The maximum Gasteiger partial charge on any atom is 0.224 e. The number of fused-ring (bicyclic) bond motifs is 2. The fourth-order valence-corrected chi connectivity index (χ4v) is 5.68. The minimum Gasteiger partial charge on any atom is -0.382 e. The zero-order chi connectivity index (χ0) is 19.8. The van der Waals surface area contributed by atoms with Gasteiger partial charge < -0.3 is 10.6 Å². The number of benzene rings is 3. The van der Waals surface area contributed by atoms with Crippen molar-refractivity contribution in [3.05, 3.63) is 60.7 Å². The van der Waals surface area contributed by atoms with Crippen molar-refractivity contribution in [2.75, 3.05) is 18.4 Å². The molecule has 1 aliphatic rings. The summed E-state index contributed by atoms with van der Waals surface area (Å²) in [4.78, 5) is 0.290. The van der Waals surface area contributed by atoms with Crippen LogP contribution in [0.1, 0.15) is 12.8 Å². The first-order chi connectivity index (χ1) is 14.1. The largest absolute Gasteiger partial charge is 0.382 e. The van der Waals surface area contributed by atoms with Gasteiger partial charge >= 0.3 is 0 Å². The predicted octanol–water partition coefficient (Wildman–Crippen LogP) is 4.13. The summed E-state index contributed by atoms with van der Waals surface area (Å²) in [6.07, 6.45) is 2.00. The highest BCUT2D eigenvalue weighted by atomic mass is 35.5. The molecule has 1 fully saturated rings. The minimum atomic E-state index is -3.78. The van der Waals surface area contributed by atoms with Crippen molar-refractivity contribution >= 4 is 49.6 Å². The number of sulfone groups is 1. The van der Waals surface area contributed by atoms with Crippen molar-refractivity contribution in [1.29, 1.82) is 0 Å². The highest BCUT2D eigenvalue weighted by Crippen LogP contribution is 2.34. The van der Waals surface area contributed by atoms with Crippen LogP contribution >= 0.6 is 12.4 Å². The number of aromatic amines is 1. The summed E-state index contributed by atoms with van der Waals surface area (Å²) >= 11 is 0. The number of hydrogen-bond acceptors (Lipinski definition) is 5. The SMILES string of the molecule is Cl.O=S(=O)(c1cccc2ccccc12)c1[nH]nc2cccc(NC3CCNCC3)c12. The molecule has 6 nitrogen and oxygen atoms in total. The van der Waals surface area contributed by atoms with Crippen molar-refractivity contribution in [2.24, 2.45) is 0 Å². The van der Waals surface area contributed by atoms with Crippen LogP contribution in [0.3, 0.4) is 0 Å². The number of anilines is 1. The Morgan fingerprint density at radius 3 is 2.50 bits per heavy atom. The van der Waals surface area contributed by atoms with Gasteiger partial charge in [-0.3, -0.25) is 5.10 Å². The monoisotopic (exact) mass is 442 g/mol. The quantitative estimate of drug-likeness (QED) is 0.442. The van der Waals surface area contributed by atoms with Gasteiger partial charge in [0.05, 0.1) is 15.8 Å². The molecule has 1 saturated heterocycles. The number of nitrogens with one attached hydrogen (secondary N) is 3. The topological polar surface area (TPSA) is 86.9 Å². The molecule has 1 aromatic heterocycles. The Morgan fingerprint density at radius 2 is 1.67 bits per heavy atom. The smallest absolute Gasteiger partial charge is 0.224 e. The van der Waals surface area contributed by atoms with E-state index in [2.05, 4.69) is 20.8 Å². The zero-order valence-corrected chi connectivity index (χ0v) is 17.9. The summed E-state index contributed by atoms with van der Waals surface area (Å²) in [5, 5.41) is 16.4. The molecule has 0 saturated carbocycles. The van der Waals surface area contributed by atoms with E-state index >= 15 is 0 Å². The average Bonchev–Trinajstić information content (AvgIpc) is 3.20. The van der Waals surface area contributed by atoms with Gasteiger partial charge in [-0.15, -0.1) is 12.4 Å². The number of hydrogen-bond donors (Lipinski definition) is 3. The summed E-state index contributed by atoms with van der Waals surface area (Å²) < 4.78 is 27.3. The van der Waals surface area contributed by atoms with Crippen LogP contribution < -0.4 is 10.6 Å². The molecule has 0 unspecified atom stereocenters. The summed E-state index contributed by atoms with van der Waals surface area (Å²) in [6.45, 7) is 1.92. The molecule has 0 bridgehead atoms. The van der Waals surface area contributed by atoms with Gasteiger partial charge in [0.15, 0.2) is 5.03 Å². The van der Waals surface area contributed by atoms with E-state index in [0.717, 1.165) is 37.0 Å². The highest BCUT2D eigenvalue weighted by Gasteiger charge is 2.27. The zero-order valence-electron chi connectivity index (χ0n) is 16.3. The van der Waals surface area contributed by atoms with E-state index in [9.17, 15) is 8.42 Å². The van der Waals surface area contributed by atoms with Crippen LogP contribution in [0.25, 0.3) is 21.7 Å². The molecule has 8 heteroatoms. The van der Waals surface area contributed by atoms with Gasteiger partial charge in [0.25, 0.3) is 0 Å². The summed E-state index contributed by atoms with van der Waals surface area (Å²) in [7, 11) is -3.78. The molecule has 4 aromatic rings. The molecule has 0 radical (unpaired) electrons. The Morgan fingerprint density at radius 1 is 0.933 bits per heavy atom. The predicted molar refractivity (Wildman–Crippen MR) is 122 cm³/mol. The van der Waals surface area contributed by atoms with Crippen LogP contribution in [-0.4, -0.2) is 37.7 Å². The summed E-state index contributed by atoms with van der Waals surface area (Å²) in [5.74, 6) is 0. The fourth-order valence-electron chi connectivity index (χ4n) is 4.08. The molecule has 3 aromatic carbocycles. The molecular formula is C22H23ClN4O2S. The maximum absolute atomic E-state index is 13.7. The second-order valence-electron chi connectivity index (χ2n) is 7.40. The lowest BCUT2D eigenvalue weighted by atomic mass is 10.1. The molecule has 1 aliphatic heterocycles. The van der Waals surface area contributed by atoms with Crippen LogP contribution in [-0.2, 0) is 9.84 Å². The second kappa shape index (κ2) is 8.26. The van der Waals surface area contributed by atoms with E-state index < -0.39 is 9.84 Å². The van der Waals surface area contributed by atoms with Crippen molar-refractivity contribution in [2.45, 2.75) is 28.8 Å². The van der Waals surface area contributed by atoms with Gasteiger partial charge in [0.2, 0.25) is 9.84 Å². The molecule has 156 valence electrons. The molecule has 3 N–H and O–H groups in total. The van der Waals surface area contributed by atoms with E-state index in [0.29, 0.717) is 22.3 Å². The van der Waals surface area contributed by atoms with Crippen molar-refractivity contribution in [1.82, 2.24) is 15.5 Å². The Kier molecular flexibility index (Phi) is 5.69. The van der Waals surface area contributed by atoms with Gasteiger partial charge in [-0.2, -0.15) is 5.10 Å². The van der Waals surface area contributed by atoms with Gasteiger partial charge in [0.1, 0.15) is 0 Å². The van der Waals surface area contributed by atoms with Crippen LogP contribution in [0.15, 0.2) is 70.6 Å². The fraction of sp³-hybridized carbons (Fsp3) is 0.227. The van der Waals surface area contributed by atoms with Crippen LogP contribution in [0.4, 0.5) is 5.69 Å². The van der Waals surface area contributed by atoms with Crippen molar-refractivity contribution in [3.8, 4) is 0 Å².